The van der Waals surface area contributed by atoms with Gasteiger partial charge in [-0.2, -0.15) is 0 Å². The SMILES string of the molecule is C=CCOC(OCC=C)N(C)C. The van der Waals surface area contributed by atoms with E-state index in [1.807, 2.05) is 19.0 Å². The zero-order valence-corrected chi connectivity index (χ0v) is 7.82. The Hall–Kier alpha value is -0.640. The summed E-state index contributed by atoms with van der Waals surface area (Å²) in [7, 11) is 3.77. The topological polar surface area (TPSA) is 21.7 Å². The third-order valence-electron chi connectivity index (χ3n) is 1.13. The second-order valence-corrected chi connectivity index (χ2v) is 2.51. The molecule has 12 heavy (non-hydrogen) atoms. The van der Waals surface area contributed by atoms with Crippen molar-refractivity contribution in [1.29, 1.82) is 0 Å². The summed E-state index contributed by atoms with van der Waals surface area (Å²) >= 11 is 0. The van der Waals surface area contributed by atoms with Crippen LogP contribution in [0.3, 0.4) is 0 Å². The monoisotopic (exact) mass is 171 g/mol. The quantitative estimate of drug-likeness (QED) is 0.425. The van der Waals surface area contributed by atoms with E-state index in [1.54, 1.807) is 12.2 Å². The van der Waals surface area contributed by atoms with E-state index in [2.05, 4.69) is 13.2 Å². The highest BCUT2D eigenvalue weighted by molar-refractivity contribution is 4.66. The Morgan fingerprint density at radius 2 is 1.58 bits per heavy atom. The van der Waals surface area contributed by atoms with Crippen molar-refractivity contribution >= 4 is 0 Å². The van der Waals surface area contributed by atoms with Crippen molar-refractivity contribution in [3.63, 3.8) is 0 Å². The fourth-order valence-electron chi connectivity index (χ4n) is 0.647. The van der Waals surface area contributed by atoms with E-state index in [-0.39, 0.29) is 6.41 Å². The maximum Gasteiger partial charge on any atom is 0.218 e. The molecule has 0 saturated carbocycles. The van der Waals surface area contributed by atoms with Gasteiger partial charge in [-0.3, -0.25) is 4.90 Å². The number of rotatable bonds is 7. The average Bonchev–Trinajstić information content (AvgIpc) is 2.04. The van der Waals surface area contributed by atoms with Crippen molar-refractivity contribution in [1.82, 2.24) is 4.90 Å². The Bertz CT molecular complexity index is 122. The predicted octanol–water partition coefficient (Wildman–Crippen LogP) is 1.24. The normalized spacial score (nSPS) is 10.7. The Balaban J connectivity index is 3.68. The lowest BCUT2D eigenvalue weighted by Crippen LogP contribution is -2.33. The van der Waals surface area contributed by atoms with E-state index in [9.17, 15) is 0 Å². The average molecular weight is 171 g/mol. The van der Waals surface area contributed by atoms with Gasteiger partial charge in [0, 0.05) is 0 Å². The molecule has 0 spiro atoms. The van der Waals surface area contributed by atoms with Gasteiger partial charge in [0.25, 0.3) is 0 Å². The van der Waals surface area contributed by atoms with Crippen molar-refractivity contribution in [2.45, 2.75) is 6.41 Å². The van der Waals surface area contributed by atoms with Crippen LogP contribution in [0.4, 0.5) is 0 Å². The molecule has 0 aromatic rings. The molecular weight excluding hydrogens is 154 g/mol. The van der Waals surface area contributed by atoms with Crippen LogP contribution in [0.15, 0.2) is 25.3 Å². The van der Waals surface area contributed by atoms with Gasteiger partial charge in [0.05, 0.1) is 13.2 Å². The summed E-state index contributed by atoms with van der Waals surface area (Å²) in [4.78, 5) is 1.84. The van der Waals surface area contributed by atoms with E-state index >= 15 is 0 Å². The fourth-order valence-corrected chi connectivity index (χ4v) is 0.647. The van der Waals surface area contributed by atoms with Crippen LogP contribution in [0.1, 0.15) is 0 Å². The molecular formula is C9H17NO2. The zero-order valence-electron chi connectivity index (χ0n) is 7.82. The molecule has 0 atom stereocenters. The van der Waals surface area contributed by atoms with Crippen LogP contribution in [0.2, 0.25) is 0 Å². The first kappa shape index (κ1) is 11.4. The number of ether oxygens (including phenoxy) is 2. The molecule has 3 heteroatoms. The number of hydrogen-bond donors (Lipinski definition) is 0. The lowest BCUT2D eigenvalue weighted by Gasteiger charge is -2.23. The van der Waals surface area contributed by atoms with Crippen LogP contribution in [-0.2, 0) is 9.47 Å². The second kappa shape index (κ2) is 7.03. The largest absolute Gasteiger partial charge is 0.335 e. The van der Waals surface area contributed by atoms with Gasteiger partial charge in [0.2, 0.25) is 6.41 Å². The lowest BCUT2D eigenvalue weighted by atomic mass is 10.7. The second-order valence-electron chi connectivity index (χ2n) is 2.51. The van der Waals surface area contributed by atoms with Crippen molar-refractivity contribution in [3.8, 4) is 0 Å². The Morgan fingerprint density at radius 3 is 1.83 bits per heavy atom. The van der Waals surface area contributed by atoms with Crippen LogP contribution in [0, 0.1) is 0 Å². The molecule has 0 radical (unpaired) electrons. The smallest absolute Gasteiger partial charge is 0.218 e. The molecule has 0 amide bonds. The minimum Gasteiger partial charge on any atom is -0.335 e. The molecule has 0 N–H and O–H groups in total. The van der Waals surface area contributed by atoms with Crippen LogP contribution >= 0.6 is 0 Å². The standard InChI is InChI=1S/C9H17NO2/c1-5-7-11-9(10(3)4)12-8-6-2/h5-6,9H,1-2,7-8H2,3-4H3. The molecule has 70 valence electrons. The molecule has 0 aromatic carbocycles. The molecule has 0 aromatic heterocycles. The van der Waals surface area contributed by atoms with Crippen LogP contribution < -0.4 is 0 Å². The number of hydrogen-bond acceptors (Lipinski definition) is 3. The van der Waals surface area contributed by atoms with Crippen LogP contribution in [-0.4, -0.2) is 38.6 Å². The van der Waals surface area contributed by atoms with E-state index in [1.165, 1.54) is 0 Å². The van der Waals surface area contributed by atoms with E-state index in [0.29, 0.717) is 13.2 Å². The van der Waals surface area contributed by atoms with Crippen molar-refractivity contribution in [3.05, 3.63) is 25.3 Å². The highest BCUT2D eigenvalue weighted by Gasteiger charge is 2.09. The van der Waals surface area contributed by atoms with E-state index in [0.717, 1.165) is 0 Å². The van der Waals surface area contributed by atoms with Gasteiger partial charge in [-0.15, -0.1) is 13.2 Å². The molecule has 3 nitrogen and oxygen atoms in total. The first-order valence-corrected chi connectivity index (χ1v) is 3.83. The van der Waals surface area contributed by atoms with Crippen LogP contribution in [0.25, 0.3) is 0 Å². The van der Waals surface area contributed by atoms with E-state index in [4.69, 9.17) is 9.47 Å². The predicted molar refractivity (Wildman–Crippen MR) is 49.8 cm³/mol. The zero-order chi connectivity index (χ0) is 9.40. The summed E-state index contributed by atoms with van der Waals surface area (Å²) < 4.78 is 10.6. The molecule has 0 fully saturated rings. The third kappa shape index (κ3) is 5.07. The molecule has 0 saturated heterocycles. The first-order chi connectivity index (χ1) is 5.72. The van der Waals surface area contributed by atoms with Gasteiger partial charge in [-0.25, -0.2) is 0 Å². The molecule has 0 aliphatic carbocycles. The first-order valence-electron chi connectivity index (χ1n) is 3.83. The minimum atomic E-state index is -0.319. The Labute approximate surface area is 74.3 Å². The van der Waals surface area contributed by atoms with Gasteiger partial charge >= 0.3 is 0 Å². The third-order valence-corrected chi connectivity index (χ3v) is 1.13. The Morgan fingerprint density at radius 1 is 1.17 bits per heavy atom. The lowest BCUT2D eigenvalue weighted by molar-refractivity contribution is -0.199. The van der Waals surface area contributed by atoms with Crippen molar-refractivity contribution in [2.75, 3.05) is 27.3 Å². The van der Waals surface area contributed by atoms with Crippen LogP contribution in [0.5, 0.6) is 0 Å². The van der Waals surface area contributed by atoms with E-state index < -0.39 is 0 Å². The van der Waals surface area contributed by atoms with Gasteiger partial charge in [0.15, 0.2) is 0 Å². The molecule has 0 heterocycles. The van der Waals surface area contributed by atoms with Gasteiger partial charge < -0.3 is 9.47 Å². The van der Waals surface area contributed by atoms with Gasteiger partial charge in [-0.05, 0) is 14.1 Å². The summed E-state index contributed by atoms with van der Waals surface area (Å²) in [5.74, 6) is 0. The summed E-state index contributed by atoms with van der Waals surface area (Å²) in [5.41, 5.74) is 0. The van der Waals surface area contributed by atoms with Gasteiger partial charge in [0.1, 0.15) is 0 Å². The fraction of sp³-hybridized carbons (Fsp3) is 0.556. The maximum atomic E-state index is 5.29. The summed E-state index contributed by atoms with van der Waals surface area (Å²) in [5, 5.41) is 0. The molecule has 0 aliphatic heterocycles. The molecule has 0 aliphatic rings. The van der Waals surface area contributed by atoms with Crippen molar-refractivity contribution in [2.24, 2.45) is 0 Å². The minimum absolute atomic E-state index is 0.319. The van der Waals surface area contributed by atoms with Gasteiger partial charge in [-0.1, -0.05) is 12.2 Å². The summed E-state index contributed by atoms with van der Waals surface area (Å²) in [6.07, 6.45) is 3.06. The summed E-state index contributed by atoms with van der Waals surface area (Å²) in [6.45, 7) is 8.08. The highest BCUT2D eigenvalue weighted by Crippen LogP contribution is 1.98. The maximum absolute atomic E-state index is 5.29. The Kier molecular flexibility index (Phi) is 6.66. The molecule has 0 bridgehead atoms. The summed E-state index contributed by atoms with van der Waals surface area (Å²) in [6, 6.07) is 0. The highest BCUT2D eigenvalue weighted by atomic mass is 16.7. The molecule has 0 rings (SSSR count). The van der Waals surface area contributed by atoms with Crippen molar-refractivity contribution < 1.29 is 9.47 Å². The molecule has 0 unspecified atom stereocenters. The number of nitrogens with zero attached hydrogens (tertiary/aromatic N) is 1.